The molecule has 1 aromatic heterocycles. The highest BCUT2D eigenvalue weighted by atomic mass is 35.5. The van der Waals surface area contributed by atoms with Crippen molar-refractivity contribution >= 4 is 29.8 Å². The maximum atomic E-state index is 12.3. The zero-order chi connectivity index (χ0) is 23.3. The molecule has 8 nitrogen and oxygen atoms in total. The van der Waals surface area contributed by atoms with Gasteiger partial charge >= 0.3 is 6.09 Å². The van der Waals surface area contributed by atoms with E-state index < -0.39 is 11.7 Å². The van der Waals surface area contributed by atoms with Gasteiger partial charge in [0.25, 0.3) is 0 Å². The number of rotatable bonds is 7. The van der Waals surface area contributed by atoms with Gasteiger partial charge in [-0.25, -0.2) is 9.48 Å². The second-order valence-corrected chi connectivity index (χ2v) is 9.33. The molecule has 1 aromatic carbocycles. The monoisotopic (exact) mass is 462 g/mol. The molecule has 174 valence electrons. The number of aromatic nitrogens is 2. The number of nitrogens with one attached hydrogen (secondary N) is 1. The van der Waals surface area contributed by atoms with Gasteiger partial charge in [-0.2, -0.15) is 5.10 Å². The van der Waals surface area contributed by atoms with Crippen LogP contribution in [0, 0.1) is 0 Å². The zero-order valence-electron chi connectivity index (χ0n) is 19.1. The quantitative estimate of drug-likeness (QED) is 0.625. The number of benzene rings is 1. The minimum Gasteiger partial charge on any atom is -0.444 e. The summed E-state index contributed by atoms with van der Waals surface area (Å²) in [6.45, 7) is 7.07. The van der Waals surface area contributed by atoms with Crippen LogP contribution >= 0.6 is 11.6 Å². The van der Waals surface area contributed by atoms with Crippen molar-refractivity contribution in [1.82, 2.24) is 15.1 Å². The van der Waals surface area contributed by atoms with E-state index in [4.69, 9.17) is 21.1 Å². The first-order valence-corrected chi connectivity index (χ1v) is 11.1. The average molecular weight is 463 g/mol. The standard InChI is InChI=1S/C23H31ClN4O4/c1-23(2,3)32-22(30)25-17-9-7-11-27(13-17)21-18(12-16-8-5-6-10-19(16)24)20(14-29)26-28(21)15-31-4/h5-6,8,10,14,17H,7,9,11-13,15H2,1-4H3,(H,25,30)/t17-/m1/s1. The van der Waals surface area contributed by atoms with Crippen LogP contribution in [-0.2, 0) is 22.6 Å². The van der Waals surface area contributed by atoms with Gasteiger partial charge in [-0.15, -0.1) is 0 Å². The number of halogens is 1. The van der Waals surface area contributed by atoms with Crippen LogP contribution in [0.4, 0.5) is 10.6 Å². The number of piperidine rings is 1. The lowest BCUT2D eigenvalue weighted by atomic mass is 10.0. The number of aldehydes is 1. The summed E-state index contributed by atoms with van der Waals surface area (Å²) in [5.74, 6) is 0.810. The lowest BCUT2D eigenvalue weighted by molar-refractivity contribution is 0.0499. The molecule has 0 aliphatic carbocycles. The van der Waals surface area contributed by atoms with Gasteiger partial charge in [0.2, 0.25) is 0 Å². The first-order chi connectivity index (χ1) is 15.2. The number of carbonyl (C=O) groups excluding carboxylic acids is 2. The molecule has 0 unspecified atom stereocenters. The molecule has 1 amide bonds. The normalized spacial score (nSPS) is 16.7. The largest absolute Gasteiger partial charge is 0.444 e. The Balaban J connectivity index is 1.89. The Morgan fingerprint density at radius 1 is 1.34 bits per heavy atom. The van der Waals surface area contributed by atoms with Crippen LogP contribution in [-0.4, -0.2) is 54.0 Å². The molecule has 0 saturated carbocycles. The van der Waals surface area contributed by atoms with Crippen molar-refractivity contribution in [2.45, 2.75) is 58.4 Å². The summed E-state index contributed by atoms with van der Waals surface area (Å²) in [6, 6.07) is 7.48. The lowest BCUT2D eigenvalue weighted by Crippen LogP contribution is -2.49. The van der Waals surface area contributed by atoms with Gasteiger partial charge in [0.15, 0.2) is 6.29 Å². The van der Waals surface area contributed by atoms with E-state index >= 15 is 0 Å². The molecule has 3 rings (SSSR count). The number of methoxy groups -OCH3 is 1. The maximum Gasteiger partial charge on any atom is 0.407 e. The van der Waals surface area contributed by atoms with Crippen molar-refractivity contribution in [3.8, 4) is 0 Å². The molecule has 1 aliphatic rings. The SMILES string of the molecule is COCn1nc(C=O)c(Cc2ccccc2Cl)c1N1CCC[C@@H](NC(=O)OC(C)(C)C)C1. The van der Waals surface area contributed by atoms with E-state index in [1.807, 2.05) is 45.0 Å². The molecule has 1 atom stereocenters. The van der Waals surface area contributed by atoms with Crippen LogP contribution in [0.15, 0.2) is 24.3 Å². The Morgan fingerprint density at radius 2 is 2.09 bits per heavy atom. The van der Waals surface area contributed by atoms with Gasteiger partial charge in [-0.1, -0.05) is 29.8 Å². The van der Waals surface area contributed by atoms with Gasteiger partial charge in [0.1, 0.15) is 23.8 Å². The third-order valence-electron chi connectivity index (χ3n) is 5.18. The van der Waals surface area contributed by atoms with E-state index in [9.17, 15) is 9.59 Å². The van der Waals surface area contributed by atoms with E-state index in [-0.39, 0.29) is 12.8 Å². The summed E-state index contributed by atoms with van der Waals surface area (Å²) in [6.07, 6.45) is 2.52. The Hall–Kier alpha value is -2.58. The van der Waals surface area contributed by atoms with Crippen molar-refractivity contribution in [1.29, 1.82) is 0 Å². The minimum absolute atomic E-state index is 0.0858. The molecule has 1 saturated heterocycles. The molecule has 2 heterocycles. The number of hydrogen-bond donors (Lipinski definition) is 1. The van der Waals surface area contributed by atoms with Gasteiger partial charge in [-0.3, -0.25) is 4.79 Å². The van der Waals surface area contributed by atoms with Crippen molar-refractivity contribution in [2.75, 3.05) is 25.1 Å². The number of nitrogens with zero attached hydrogens (tertiary/aromatic N) is 3. The Labute approximate surface area is 193 Å². The van der Waals surface area contributed by atoms with Crippen LogP contribution in [0.5, 0.6) is 0 Å². The Kier molecular flexibility index (Phi) is 7.79. The fraction of sp³-hybridized carbons (Fsp3) is 0.522. The van der Waals surface area contributed by atoms with E-state index in [1.54, 1.807) is 11.8 Å². The van der Waals surface area contributed by atoms with Crippen molar-refractivity contribution in [2.24, 2.45) is 0 Å². The molecule has 1 fully saturated rings. The first kappa shape index (κ1) is 24.1. The highest BCUT2D eigenvalue weighted by Gasteiger charge is 2.29. The molecule has 0 bridgehead atoms. The van der Waals surface area contributed by atoms with Gasteiger partial charge in [0, 0.05) is 43.2 Å². The highest BCUT2D eigenvalue weighted by Crippen LogP contribution is 2.31. The van der Waals surface area contributed by atoms with Crippen LogP contribution in [0.1, 0.15) is 55.2 Å². The first-order valence-electron chi connectivity index (χ1n) is 10.7. The average Bonchev–Trinajstić information content (AvgIpc) is 3.05. The Bertz CT molecular complexity index is 954. The summed E-state index contributed by atoms with van der Waals surface area (Å²) in [7, 11) is 1.59. The molecule has 0 spiro atoms. The maximum absolute atomic E-state index is 12.3. The van der Waals surface area contributed by atoms with E-state index in [2.05, 4.69) is 15.3 Å². The molecular formula is C23H31ClN4O4. The van der Waals surface area contributed by atoms with Gasteiger partial charge in [-0.05, 0) is 45.2 Å². The lowest BCUT2D eigenvalue weighted by Gasteiger charge is -2.35. The smallest absolute Gasteiger partial charge is 0.407 e. The number of carbonyl (C=O) groups is 2. The second kappa shape index (κ2) is 10.4. The van der Waals surface area contributed by atoms with Gasteiger partial charge in [0.05, 0.1) is 0 Å². The fourth-order valence-corrected chi connectivity index (χ4v) is 4.14. The van der Waals surface area contributed by atoms with Crippen LogP contribution < -0.4 is 10.2 Å². The predicted molar refractivity (Wildman–Crippen MR) is 123 cm³/mol. The summed E-state index contributed by atoms with van der Waals surface area (Å²) in [5.41, 5.74) is 1.51. The molecule has 2 aromatic rings. The molecule has 1 N–H and O–H groups in total. The number of anilines is 1. The number of ether oxygens (including phenoxy) is 2. The van der Waals surface area contributed by atoms with E-state index in [0.29, 0.717) is 23.7 Å². The van der Waals surface area contributed by atoms with Crippen molar-refractivity contribution < 1.29 is 19.1 Å². The minimum atomic E-state index is -0.559. The summed E-state index contributed by atoms with van der Waals surface area (Å²) in [4.78, 5) is 26.3. The molecular weight excluding hydrogens is 432 g/mol. The van der Waals surface area contributed by atoms with Gasteiger partial charge < -0.3 is 19.7 Å². The van der Waals surface area contributed by atoms with E-state index in [1.165, 1.54) is 0 Å². The third-order valence-corrected chi connectivity index (χ3v) is 5.55. The zero-order valence-corrected chi connectivity index (χ0v) is 19.8. The topological polar surface area (TPSA) is 85.7 Å². The third kappa shape index (κ3) is 6.01. The molecule has 32 heavy (non-hydrogen) atoms. The summed E-state index contributed by atoms with van der Waals surface area (Å²) < 4.78 is 12.4. The van der Waals surface area contributed by atoms with Crippen LogP contribution in [0.2, 0.25) is 5.02 Å². The molecule has 1 aliphatic heterocycles. The molecule has 0 radical (unpaired) electrons. The van der Waals surface area contributed by atoms with Crippen molar-refractivity contribution in [3.63, 3.8) is 0 Å². The number of hydrogen-bond acceptors (Lipinski definition) is 6. The Morgan fingerprint density at radius 3 is 2.75 bits per heavy atom. The second-order valence-electron chi connectivity index (χ2n) is 8.92. The highest BCUT2D eigenvalue weighted by molar-refractivity contribution is 6.31. The van der Waals surface area contributed by atoms with Crippen LogP contribution in [0.25, 0.3) is 0 Å². The number of amides is 1. The van der Waals surface area contributed by atoms with Crippen molar-refractivity contribution in [3.05, 3.63) is 46.1 Å². The predicted octanol–water partition coefficient (Wildman–Crippen LogP) is 4.04. The van der Waals surface area contributed by atoms with Crippen LogP contribution in [0.3, 0.4) is 0 Å². The summed E-state index contributed by atoms with van der Waals surface area (Å²) >= 11 is 6.39. The molecule has 9 heteroatoms. The van der Waals surface area contributed by atoms with E-state index in [0.717, 1.165) is 42.6 Å². The number of alkyl carbamates (subject to hydrolysis) is 1. The summed E-state index contributed by atoms with van der Waals surface area (Å²) in [5, 5.41) is 8.09. The fourth-order valence-electron chi connectivity index (χ4n) is 3.93.